The van der Waals surface area contributed by atoms with Crippen molar-refractivity contribution in [3.63, 3.8) is 0 Å². The Morgan fingerprint density at radius 1 is 1.35 bits per heavy atom. The maximum Gasteiger partial charge on any atom is 0.269 e. The number of hydrogen-bond acceptors (Lipinski definition) is 4. The van der Waals surface area contributed by atoms with Crippen molar-refractivity contribution in [1.29, 1.82) is 0 Å². The van der Waals surface area contributed by atoms with Crippen LogP contribution < -0.4 is 10.6 Å². The number of nitrogens with zero attached hydrogens (tertiary/aromatic N) is 1. The van der Waals surface area contributed by atoms with Gasteiger partial charge in [-0.2, -0.15) is 0 Å². The van der Waals surface area contributed by atoms with Crippen LogP contribution in [0.25, 0.3) is 0 Å². The number of benzene rings is 1. The van der Waals surface area contributed by atoms with Crippen LogP contribution in [0.1, 0.15) is 46.2 Å². The van der Waals surface area contributed by atoms with Gasteiger partial charge in [-0.25, -0.2) is 4.98 Å². The number of rotatable bonds is 7. The SMILES string of the molecule is Cc1ccccc1CC(CO)CNC(=O)c1cnc(C2CCNCC2)[nH]1. The molecule has 1 aliphatic heterocycles. The van der Waals surface area contributed by atoms with Crippen LogP contribution in [0.5, 0.6) is 0 Å². The van der Waals surface area contributed by atoms with Crippen molar-refractivity contribution in [3.05, 3.63) is 53.1 Å². The molecule has 3 rings (SSSR count). The van der Waals surface area contributed by atoms with Crippen molar-refractivity contribution in [3.8, 4) is 0 Å². The minimum absolute atomic E-state index is 0.00754. The van der Waals surface area contributed by atoms with Crippen LogP contribution in [0.2, 0.25) is 0 Å². The second-order valence-electron chi connectivity index (χ2n) is 7.10. The fourth-order valence-corrected chi connectivity index (χ4v) is 3.44. The van der Waals surface area contributed by atoms with Crippen LogP contribution in [0.3, 0.4) is 0 Å². The Balaban J connectivity index is 1.54. The largest absolute Gasteiger partial charge is 0.396 e. The summed E-state index contributed by atoms with van der Waals surface area (Å²) in [4.78, 5) is 20.0. The first-order chi connectivity index (χ1) is 12.7. The lowest BCUT2D eigenvalue weighted by molar-refractivity contribution is 0.0935. The molecule has 1 fully saturated rings. The summed E-state index contributed by atoms with van der Waals surface area (Å²) in [5.41, 5.74) is 2.90. The number of H-pyrrole nitrogens is 1. The summed E-state index contributed by atoms with van der Waals surface area (Å²) in [5, 5.41) is 15.9. The van der Waals surface area contributed by atoms with Gasteiger partial charge in [0.25, 0.3) is 5.91 Å². The zero-order valence-electron chi connectivity index (χ0n) is 15.3. The van der Waals surface area contributed by atoms with Crippen molar-refractivity contribution < 1.29 is 9.90 Å². The van der Waals surface area contributed by atoms with Crippen molar-refractivity contribution in [1.82, 2.24) is 20.6 Å². The molecule has 2 heterocycles. The molecule has 0 bridgehead atoms. The maximum atomic E-state index is 12.4. The molecule has 0 aliphatic carbocycles. The van der Waals surface area contributed by atoms with Crippen LogP contribution >= 0.6 is 0 Å². The zero-order valence-corrected chi connectivity index (χ0v) is 15.3. The summed E-state index contributed by atoms with van der Waals surface area (Å²) in [6.45, 7) is 4.52. The molecule has 2 aromatic rings. The van der Waals surface area contributed by atoms with Crippen molar-refractivity contribution >= 4 is 5.91 Å². The molecule has 0 radical (unpaired) electrons. The van der Waals surface area contributed by atoms with E-state index in [9.17, 15) is 9.90 Å². The van der Waals surface area contributed by atoms with E-state index < -0.39 is 0 Å². The summed E-state index contributed by atoms with van der Waals surface area (Å²) in [6.07, 6.45) is 4.43. The maximum absolute atomic E-state index is 12.4. The Morgan fingerprint density at radius 3 is 2.85 bits per heavy atom. The second kappa shape index (κ2) is 8.96. The number of carbonyl (C=O) groups excluding carboxylic acids is 1. The lowest BCUT2D eigenvalue weighted by Gasteiger charge is -2.20. The first-order valence-corrected chi connectivity index (χ1v) is 9.36. The molecule has 26 heavy (non-hydrogen) atoms. The third kappa shape index (κ3) is 4.71. The topological polar surface area (TPSA) is 90.0 Å². The van der Waals surface area contributed by atoms with E-state index in [1.807, 2.05) is 12.1 Å². The number of nitrogens with one attached hydrogen (secondary N) is 3. The number of carbonyl (C=O) groups is 1. The third-order valence-corrected chi connectivity index (χ3v) is 5.15. The van der Waals surface area contributed by atoms with E-state index in [4.69, 9.17) is 0 Å². The molecular weight excluding hydrogens is 328 g/mol. The Labute approximate surface area is 154 Å². The van der Waals surface area contributed by atoms with E-state index in [0.29, 0.717) is 18.2 Å². The normalized spacial score (nSPS) is 16.4. The monoisotopic (exact) mass is 356 g/mol. The van der Waals surface area contributed by atoms with E-state index in [-0.39, 0.29) is 18.4 Å². The Kier molecular flexibility index (Phi) is 6.41. The van der Waals surface area contributed by atoms with Gasteiger partial charge in [-0.05, 0) is 50.4 Å². The summed E-state index contributed by atoms with van der Waals surface area (Å²) < 4.78 is 0. The van der Waals surface area contributed by atoms with Crippen LogP contribution in [0.4, 0.5) is 0 Å². The quantitative estimate of drug-likeness (QED) is 0.609. The molecule has 0 spiro atoms. The molecule has 1 unspecified atom stereocenters. The number of piperidine rings is 1. The predicted molar refractivity (Wildman–Crippen MR) is 101 cm³/mol. The number of imidazole rings is 1. The number of aromatic amines is 1. The first-order valence-electron chi connectivity index (χ1n) is 9.36. The highest BCUT2D eigenvalue weighted by Crippen LogP contribution is 2.22. The average molecular weight is 356 g/mol. The molecule has 6 heteroatoms. The summed E-state index contributed by atoms with van der Waals surface area (Å²) >= 11 is 0. The highest BCUT2D eigenvalue weighted by molar-refractivity contribution is 5.92. The Morgan fingerprint density at radius 2 is 2.12 bits per heavy atom. The number of aryl methyl sites for hydroxylation is 1. The highest BCUT2D eigenvalue weighted by Gasteiger charge is 2.20. The van der Waals surface area contributed by atoms with Gasteiger partial charge >= 0.3 is 0 Å². The lowest BCUT2D eigenvalue weighted by Crippen LogP contribution is -2.32. The van der Waals surface area contributed by atoms with Crippen molar-refractivity contribution in [2.24, 2.45) is 5.92 Å². The molecule has 0 saturated carbocycles. The van der Waals surface area contributed by atoms with Gasteiger partial charge in [0.2, 0.25) is 0 Å². The number of aliphatic hydroxyl groups excluding tert-OH is 1. The molecule has 1 amide bonds. The van der Waals surface area contributed by atoms with E-state index in [0.717, 1.165) is 38.2 Å². The Bertz CT molecular complexity index is 722. The molecular formula is C20H28N4O2. The number of amides is 1. The minimum Gasteiger partial charge on any atom is -0.396 e. The van der Waals surface area contributed by atoms with Crippen LogP contribution in [0.15, 0.2) is 30.5 Å². The predicted octanol–water partition coefficient (Wildman–Crippen LogP) is 1.77. The van der Waals surface area contributed by atoms with Gasteiger partial charge < -0.3 is 20.7 Å². The van der Waals surface area contributed by atoms with E-state index in [1.165, 1.54) is 11.1 Å². The summed E-state index contributed by atoms with van der Waals surface area (Å²) in [6, 6.07) is 8.14. The van der Waals surface area contributed by atoms with Crippen molar-refractivity contribution in [2.75, 3.05) is 26.2 Å². The molecule has 4 N–H and O–H groups in total. The van der Waals surface area contributed by atoms with E-state index >= 15 is 0 Å². The second-order valence-corrected chi connectivity index (χ2v) is 7.10. The molecule has 1 atom stereocenters. The van der Waals surface area contributed by atoms with Gasteiger partial charge in [0.15, 0.2) is 0 Å². The fourth-order valence-electron chi connectivity index (χ4n) is 3.44. The van der Waals surface area contributed by atoms with Gasteiger partial charge in [0.05, 0.1) is 6.20 Å². The van der Waals surface area contributed by atoms with Gasteiger partial charge in [-0.15, -0.1) is 0 Å². The molecule has 1 aliphatic rings. The minimum atomic E-state index is -0.166. The zero-order chi connectivity index (χ0) is 18.4. The van der Waals surface area contributed by atoms with Crippen molar-refractivity contribution in [2.45, 2.75) is 32.1 Å². The highest BCUT2D eigenvalue weighted by atomic mass is 16.3. The standard InChI is InChI=1S/C20H28N4O2/c1-14-4-2-3-5-17(14)10-15(13-25)11-23-20(26)18-12-22-19(24-18)16-6-8-21-9-7-16/h2-5,12,15-16,21,25H,6-11,13H2,1H3,(H,22,24)(H,23,26). The molecule has 1 aromatic heterocycles. The summed E-state index contributed by atoms with van der Waals surface area (Å²) in [5.74, 6) is 1.12. The lowest BCUT2D eigenvalue weighted by atomic mass is 9.96. The first kappa shape index (κ1) is 18.6. The molecule has 6 nitrogen and oxygen atoms in total. The summed E-state index contributed by atoms with van der Waals surface area (Å²) in [7, 11) is 0. The smallest absolute Gasteiger partial charge is 0.269 e. The van der Waals surface area contributed by atoms with Gasteiger partial charge in [-0.3, -0.25) is 4.79 Å². The van der Waals surface area contributed by atoms with Crippen LogP contribution in [0, 0.1) is 12.8 Å². The molecule has 1 saturated heterocycles. The fraction of sp³-hybridized carbons (Fsp3) is 0.500. The Hall–Kier alpha value is -2.18. The third-order valence-electron chi connectivity index (χ3n) is 5.15. The van der Waals surface area contributed by atoms with Gasteiger partial charge in [0, 0.05) is 25.0 Å². The molecule has 140 valence electrons. The van der Waals surface area contributed by atoms with E-state index in [1.54, 1.807) is 6.20 Å². The average Bonchev–Trinajstić information content (AvgIpc) is 3.17. The van der Waals surface area contributed by atoms with Gasteiger partial charge in [-0.1, -0.05) is 24.3 Å². The number of aliphatic hydroxyl groups is 1. The van der Waals surface area contributed by atoms with Gasteiger partial charge in [0.1, 0.15) is 11.5 Å². The molecule has 1 aromatic carbocycles. The van der Waals surface area contributed by atoms with Crippen LogP contribution in [-0.2, 0) is 6.42 Å². The van der Waals surface area contributed by atoms with Crippen LogP contribution in [-0.4, -0.2) is 47.2 Å². The van der Waals surface area contributed by atoms with E-state index in [2.05, 4.69) is 39.7 Å². The number of hydrogen-bond donors (Lipinski definition) is 4. The number of aromatic nitrogens is 2.